The number of hydrogen-bond acceptors (Lipinski definition) is 5. The second kappa shape index (κ2) is 10.8. The summed E-state index contributed by atoms with van der Waals surface area (Å²) in [7, 11) is 0. The zero-order valence-corrected chi connectivity index (χ0v) is 20.8. The van der Waals surface area contributed by atoms with Crippen molar-refractivity contribution in [2.45, 2.75) is 58.8 Å². The maximum atomic E-state index is 12.6. The molecule has 4 saturated carbocycles. The Morgan fingerprint density at radius 2 is 1.60 bits per heavy atom. The third kappa shape index (κ3) is 6.21. The summed E-state index contributed by atoms with van der Waals surface area (Å²) in [5.41, 5.74) is 1.04. The van der Waals surface area contributed by atoms with Crippen molar-refractivity contribution in [3.05, 3.63) is 29.8 Å². The molecule has 190 valence electrons. The van der Waals surface area contributed by atoms with Crippen LogP contribution in [0, 0.1) is 23.2 Å². The van der Waals surface area contributed by atoms with Crippen LogP contribution in [-0.4, -0.2) is 54.8 Å². The fourth-order valence-electron chi connectivity index (χ4n) is 6.90. The topological polar surface area (TPSA) is 105 Å². The van der Waals surface area contributed by atoms with Gasteiger partial charge in [0.1, 0.15) is 6.54 Å². The molecule has 2 N–H and O–H groups in total. The van der Waals surface area contributed by atoms with Crippen molar-refractivity contribution in [3.63, 3.8) is 0 Å². The molecule has 0 aromatic heterocycles. The van der Waals surface area contributed by atoms with Crippen LogP contribution in [0.4, 0.5) is 5.69 Å². The van der Waals surface area contributed by atoms with E-state index in [4.69, 9.17) is 4.74 Å². The van der Waals surface area contributed by atoms with E-state index in [1.807, 2.05) is 13.8 Å². The van der Waals surface area contributed by atoms with Gasteiger partial charge in [-0.15, -0.1) is 0 Å². The Balaban J connectivity index is 1.18. The van der Waals surface area contributed by atoms with E-state index in [0.29, 0.717) is 30.8 Å². The van der Waals surface area contributed by atoms with Gasteiger partial charge >= 0.3 is 5.97 Å². The molecule has 0 radical (unpaired) electrons. The number of carbonyl (C=O) groups excluding carboxylic acids is 4. The van der Waals surface area contributed by atoms with Crippen molar-refractivity contribution < 1.29 is 23.9 Å². The summed E-state index contributed by atoms with van der Waals surface area (Å²) < 4.78 is 5.03. The summed E-state index contributed by atoms with van der Waals surface area (Å²) in [5.74, 6) is 0.940. The van der Waals surface area contributed by atoms with Gasteiger partial charge in [0, 0.05) is 30.8 Å². The van der Waals surface area contributed by atoms with Gasteiger partial charge in [0.05, 0.1) is 0 Å². The summed E-state index contributed by atoms with van der Waals surface area (Å²) in [6.07, 6.45) is 7.87. The summed E-state index contributed by atoms with van der Waals surface area (Å²) in [6, 6.07) is 6.66. The van der Waals surface area contributed by atoms with Crippen molar-refractivity contribution in [3.8, 4) is 0 Å². The number of esters is 1. The normalized spacial score (nSPS) is 26.2. The van der Waals surface area contributed by atoms with Crippen molar-refractivity contribution in [1.82, 2.24) is 10.2 Å². The molecule has 4 fully saturated rings. The lowest BCUT2D eigenvalue weighted by atomic mass is 9.49. The highest BCUT2D eigenvalue weighted by molar-refractivity contribution is 5.97. The minimum atomic E-state index is -0.649. The predicted octanol–water partition coefficient (Wildman–Crippen LogP) is 3.37. The molecule has 0 unspecified atom stereocenters. The van der Waals surface area contributed by atoms with E-state index in [-0.39, 0.29) is 23.8 Å². The molecule has 4 bridgehead atoms. The van der Waals surface area contributed by atoms with Crippen LogP contribution in [0.2, 0.25) is 0 Å². The number of benzene rings is 1. The largest absolute Gasteiger partial charge is 0.454 e. The number of carbonyl (C=O) groups is 4. The van der Waals surface area contributed by atoms with Crippen molar-refractivity contribution in [1.29, 1.82) is 0 Å². The molecule has 8 nitrogen and oxygen atoms in total. The highest BCUT2D eigenvalue weighted by Crippen LogP contribution is 2.61. The van der Waals surface area contributed by atoms with Crippen molar-refractivity contribution >= 4 is 29.4 Å². The Kier molecular flexibility index (Phi) is 7.77. The van der Waals surface area contributed by atoms with Gasteiger partial charge in [-0.2, -0.15) is 0 Å². The Morgan fingerprint density at radius 3 is 2.20 bits per heavy atom. The van der Waals surface area contributed by atoms with Gasteiger partial charge in [-0.3, -0.25) is 19.2 Å². The molecule has 1 aromatic carbocycles. The molecule has 0 atom stereocenters. The maximum Gasteiger partial charge on any atom is 0.325 e. The van der Waals surface area contributed by atoms with E-state index in [0.717, 1.165) is 37.0 Å². The van der Waals surface area contributed by atoms with Gasteiger partial charge < -0.3 is 20.3 Å². The molecule has 0 spiro atoms. The van der Waals surface area contributed by atoms with Gasteiger partial charge in [-0.25, -0.2) is 0 Å². The van der Waals surface area contributed by atoms with Gasteiger partial charge in [0.25, 0.3) is 11.8 Å². The Hall–Kier alpha value is -2.90. The smallest absolute Gasteiger partial charge is 0.325 e. The molecule has 8 heteroatoms. The molecule has 1 aromatic rings. The van der Waals surface area contributed by atoms with Crippen LogP contribution in [0.5, 0.6) is 0 Å². The van der Waals surface area contributed by atoms with Gasteiger partial charge in [-0.1, -0.05) is 6.07 Å². The minimum absolute atomic E-state index is 0.108. The second-order valence-corrected chi connectivity index (χ2v) is 10.6. The Bertz CT molecular complexity index is 936. The number of nitrogens with zero attached hydrogens (tertiary/aromatic N) is 1. The van der Waals surface area contributed by atoms with E-state index in [1.54, 1.807) is 29.2 Å². The molecule has 5 rings (SSSR count). The second-order valence-electron chi connectivity index (χ2n) is 10.6. The van der Waals surface area contributed by atoms with Crippen molar-refractivity contribution in [2.24, 2.45) is 23.2 Å². The molecule has 4 aliphatic carbocycles. The number of anilines is 1. The molecular weight excluding hydrogens is 446 g/mol. The average molecular weight is 484 g/mol. The van der Waals surface area contributed by atoms with Gasteiger partial charge in [0.15, 0.2) is 6.61 Å². The Morgan fingerprint density at radius 1 is 0.971 bits per heavy atom. The van der Waals surface area contributed by atoms with Crippen LogP contribution in [0.15, 0.2) is 24.3 Å². The molecule has 35 heavy (non-hydrogen) atoms. The number of nitrogens with one attached hydrogen (secondary N) is 2. The monoisotopic (exact) mass is 483 g/mol. The Labute approximate surface area is 207 Å². The zero-order chi connectivity index (χ0) is 25.0. The molecule has 0 heterocycles. The maximum absolute atomic E-state index is 12.6. The van der Waals surface area contributed by atoms with Crippen LogP contribution in [0.25, 0.3) is 0 Å². The lowest BCUT2D eigenvalue weighted by Crippen LogP contribution is -2.48. The van der Waals surface area contributed by atoms with Gasteiger partial charge in [0.2, 0.25) is 5.91 Å². The highest BCUT2D eigenvalue weighted by atomic mass is 16.5. The summed E-state index contributed by atoms with van der Waals surface area (Å²) in [4.78, 5) is 51.1. The van der Waals surface area contributed by atoms with Crippen LogP contribution >= 0.6 is 0 Å². The van der Waals surface area contributed by atoms with E-state index in [1.165, 1.54) is 19.3 Å². The van der Waals surface area contributed by atoms with Crippen LogP contribution in [0.3, 0.4) is 0 Å². The summed E-state index contributed by atoms with van der Waals surface area (Å²) >= 11 is 0. The van der Waals surface area contributed by atoms with Gasteiger partial charge in [-0.05, 0) is 93.7 Å². The quantitative estimate of drug-likeness (QED) is 0.497. The van der Waals surface area contributed by atoms with Crippen molar-refractivity contribution in [2.75, 3.05) is 31.6 Å². The molecule has 4 aliphatic rings. The first kappa shape index (κ1) is 25.2. The standard InChI is InChI=1S/C27H37N3O5/c1-3-30(4-2)26(34)21-6-5-7-22(11-21)29-24(32)17-35-25(33)16-28-23(31)15-27-12-18-8-19(13-27)10-20(9-18)14-27/h5-7,11,18-20H,3-4,8-10,12-17H2,1-2H3,(H,28,31)(H,29,32). The number of amides is 3. The third-order valence-corrected chi connectivity index (χ3v) is 7.94. The van der Waals surface area contributed by atoms with E-state index in [9.17, 15) is 19.2 Å². The first-order chi connectivity index (χ1) is 16.8. The molecule has 0 aliphatic heterocycles. The number of ether oxygens (including phenoxy) is 1. The minimum Gasteiger partial charge on any atom is -0.454 e. The van der Waals surface area contributed by atoms with E-state index in [2.05, 4.69) is 10.6 Å². The highest BCUT2D eigenvalue weighted by Gasteiger charge is 2.51. The summed E-state index contributed by atoms with van der Waals surface area (Å²) in [6.45, 7) is 4.31. The molecule has 0 saturated heterocycles. The van der Waals surface area contributed by atoms with Crippen LogP contribution < -0.4 is 10.6 Å². The summed E-state index contributed by atoms with van der Waals surface area (Å²) in [5, 5.41) is 5.33. The molecule has 3 amide bonds. The SMILES string of the molecule is CCN(CC)C(=O)c1cccc(NC(=O)COC(=O)CNC(=O)CC23CC4CC(CC(C4)C2)C3)c1. The van der Waals surface area contributed by atoms with Crippen LogP contribution in [0.1, 0.15) is 69.2 Å². The molecular formula is C27H37N3O5. The number of hydrogen-bond donors (Lipinski definition) is 2. The fourth-order valence-corrected chi connectivity index (χ4v) is 6.90. The average Bonchev–Trinajstić information content (AvgIpc) is 2.81. The van der Waals surface area contributed by atoms with Crippen LogP contribution in [-0.2, 0) is 19.1 Å². The fraction of sp³-hybridized carbons (Fsp3) is 0.630. The lowest BCUT2D eigenvalue weighted by molar-refractivity contribution is -0.147. The zero-order valence-electron chi connectivity index (χ0n) is 20.8. The first-order valence-corrected chi connectivity index (χ1v) is 12.9. The predicted molar refractivity (Wildman–Crippen MR) is 132 cm³/mol. The van der Waals surface area contributed by atoms with E-state index >= 15 is 0 Å². The number of rotatable bonds is 10. The first-order valence-electron chi connectivity index (χ1n) is 12.9. The van der Waals surface area contributed by atoms with E-state index < -0.39 is 18.5 Å². The third-order valence-electron chi connectivity index (χ3n) is 7.94. The lowest BCUT2D eigenvalue weighted by Gasteiger charge is -2.56.